The number of pyridine rings is 1. The average molecular weight is 403 g/mol. The Hall–Kier alpha value is -2.61. The lowest BCUT2D eigenvalue weighted by Crippen LogP contribution is -2.32. The Morgan fingerprint density at radius 2 is 1.89 bits per heavy atom. The zero-order chi connectivity index (χ0) is 20.3. The quantitative estimate of drug-likeness (QED) is 0.689. The van der Waals surface area contributed by atoms with Crippen LogP contribution in [0.3, 0.4) is 0 Å². The van der Waals surface area contributed by atoms with E-state index in [0.717, 1.165) is 54.7 Å². The van der Waals surface area contributed by atoms with Gasteiger partial charge in [0.15, 0.2) is 9.84 Å². The highest BCUT2D eigenvalue weighted by molar-refractivity contribution is 7.90. The first-order chi connectivity index (χ1) is 13.3. The summed E-state index contributed by atoms with van der Waals surface area (Å²) in [5.41, 5.74) is 3.13. The van der Waals surface area contributed by atoms with Crippen LogP contribution in [-0.4, -0.2) is 39.2 Å². The molecule has 3 rings (SSSR count). The van der Waals surface area contributed by atoms with Crippen LogP contribution in [0.2, 0.25) is 0 Å². The van der Waals surface area contributed by atoms with Gasteiger partial charge in [-0.3, -0.25) is 4.79 Å². The summed E-state index contributed by atoms with van der Waals surface area (Å²) in [6, 6.07) is 6.99. The lowest BCUT2D eigenvalue weighted by molar-refractivity contribution is -0.107. The summed E-state index contributed by atoms with van der Waals surface area (Å²) in [7, 11) is -1.45. The number of sulfone groups is 1. The molecule has 2 aromatic rings. The van der Waals surface area contributed by atoms with Crippen molar-refractivity contribution in [3.05, 3.63) is 36.0 Å². The van der Waals surface area contributed by atoms with Gasteiger partial charge in [0.1, 0.15) is 5.82 Å². The van der Waals surface area contributed by atoms with Crippen LogP contribution in [0.1, 0.15) is 31.2 Å². The summed E-state index contributed by atoms with van der Waals surface area (Å²) < 4.78 is 23.5. The van der Waals surface area contributed by atoms with Crippen molar-refractivity contribution in [3.63, 3.8) is 0 Å². The molecule has 0 aliphatic heterocycles. The van der Waals surface area contributed by atoms with E-state index in [2.05, 4.69) is 15.6 Å². The first-order valence-electron chi connectivity index (χ1n) is 9.32. The van der Waals surface area contributed by atoms with Gasteiger partial charge in [-0.1, -0.05) is 12.8 Å². The fourth-order valence-corrected chi connectivity index (χ4v) is 4.29. The van der Waals surface area contributed by atoms with E-state index in [1.165, 1.54) is 6.26 Å². The van der Waals surface area contributed by atoms with Crippen LogP contribution < -0.4 is 15.5 Å². The van der Waals surface area contributed by atoms with Crippen molar-refractivity contribution in [1.29, 1.82) is 0 Å². The Morgan fingerprint density at radius 3 is 2.46 bits per heavy atom. The number of aromatic nitrogens is 1. The van der Waals surface area contributed by atoms with Gasteiger partial charge in [0.25, 0.3) is 0 Å². The van der Waals surface area contributed by atoms with Crippen molar-refractivity contribution in [2.45, 2.75) is 43.5 Å². The van der Waals surface area contributed by atoms with Gasteiger partial charge in [-0.25, -0.2) is 13.4 Å². The van der Waals surface area contributed by atoms with Crippen molar-refractivity contribution in [1.82, 2.24) is 4.98 Å². The normalized spacial score (nSPS) is 14.7. The van der Waals surface area contributed by atoms with Crippen LogP contribution in [0.4, 0.5) is 22.9 Å². The number of hydrogen-bond donors (Lipinski definition) is 2. The number of benzene rings is 1. The molecule has 1 aromatic heterocycles. The van der Waals surface area contributed by atoms with Gasteiger partial charge in [-0.2, -0.15) is 0 Å². The Kier molecular flexibility index (Phi) is 5.88. The molecule has 0 saturated heterocycles. The summed E-state index contributed by atoms with van der Waals surface area (Å²) in [6.45, 7) is 1.84. The zero-order valence-electron chi connectivity index (χ0n) is 16.4. The van der Waals surface area contributed by atoms with Crippen molar-refractivity contribution in [2.75, 3.05) is 28.8 Å². The molecule has 1 aliphatic carbocycles. The second-order valence-corrected chi connectivity index (χ2v) is 9.18. The number of amides is 1. The molecule has 1 fully saturated rings. The minimum Gasteiger partial charge on any atom is -0.385 e. The Morgan fingerprint density at radius 1 is 1.18 bits per heavy atom. The zero-order valence-corrected chi connectivity index (χ0v) is 17.2. The van der Waals surface area contributed by atoms with E-state index in [1.54, 1.807) is 36.3 Å². The molecule has 0 radical (unpaired) electrons. The molecule has 0 unspecified atom stereocenters. The van der Waals surface area contributed by atoms with Crippen molar-refractivity contribution >= 4 is 39.1 Å². The molecule has 8 heteroatoms. The second kappa shape index (κ2) is 8.18. The number of carbonyl (C=O) groups is 1. The Labute approximate surface area is 166 Å². The molecule has 0 spiro atoms. The highest BCUT2D eigenvalue weighted by Gasteiger charge is 2.25. The third-order valence-corrected chi connectivity index (χ3v) is 6.26. The summed E-state index contributed by atoms with van der Waals surface area (Å²) in [5, 5.41) is 6.34. The lowest BCUT2D eigenvalue weighted by atomic mass is 10.1. The van der Waals surface area contributed by atoms with Crippen LogP contribution in [0.15, 0.2) is 35.4 Å². The molecule has 7 nitrogen and oxygen atoms in total. The molecule has 1 aliphatic rings. The second-order valence-electron chi connectivity index (χ2n) is 7.16. The summed E-state index contributed by atoms with van der Waals surface area (Å²) in [5.74, 6) is 0.592. The fourth-order valence-electron chi connectivity index (χ4n) is 3.59. The number of anilines is 4. The van der Waals surface area contributed by atoms with Gasteiger partial charge in [-0.15, -0.1) is 0 Å². The van der Waals surface area contributed by atoms with Gasteiger partial charge in [0.2, 0.25) is 6.41 Å². The van der Waals surface area contributed by atoms with Gasteiger partial charge < -0.3 is 15.5 Å². The van der Waals surface area contributed by atoms with Gasteiger partial charge in [-0.05, 0) is 43.5 Å². The minimum atomic E-state index is -3.25. The number of hydrogen-bond acceptors (Lipinski definition) is 6. The van der Waals surface area contributed by atoms with E-state index >= 15 is 0 Å². The molecule has 1 aromatic carbocycles. The number of carbonyl (C=O) groups excluding carboxylic acids is 1. The highest BCUT2D eigenvalue weighted by atomic mass is 32.2. The number of rotatable bonds is 7. The highest BCUT2D eigenvalue weighted by Crippen LogP contribution is 2.34. The molecule has 0 atom stereocenters. The van der Waals surface area contributed by atoms with E-state index in [4.69, 9.17) is 0 Å². The van der Waals surface area contributed by atoms with Crippen LogP contribution in [0, 0.1) is 6.92 Å². The summed E-state index contributed by atoms with van der Waals surface area (Å²) in [4.78, 5) is 18.3. The maximum Gasteiger partial charge on any atom is 0.214 e. The fraction of sp³-hybridized carbons (Fsp3) is 0.400. The van der Waals surface area contributed by atoms with Crippen molar-refractivity contribution < 1.29 is 13.2 Å². The number of nitrogens with one attached hydrogen (secondary N) is 2. The van der Waals surface area contributed by atoms with E-state index in [1.807, 2.05) is 13.0 Å². The van der Waals surface area contributed by atoms with E-state index < -0.39 is 9.84 Å². The monoisotopic (exact) mass is 402 g/mol. The average Bonchev–Trinajstić information content (AvgIpc) is 3.18. The smallest absolute Gasteiger partial charge is 0.214 e. The number of aryl methyl sites for hydroxylation is 1. The van der Waals surface area contributed by atoms with E-state index in [0.29, 0.717) is 5.82 Å². The maximum absolute atomic E-state index is 11.8. The molecular weight excluding hydrogens is 376 g/mol. The first kappa shape index (κ1) is 20.1. The largest absolute Gasteiger partial charge is 0.385 e. The third-order valence-electron chi connectivity index (χ3n) is 5.15. The Bertz CT molecular complexity index is 969. The Balaban J connectivity index is 1.92. The van der Waals surface area contributed by atoms with Crippen LogP contribution in [-0.2, 0) is 14.6 Å². The molecule has 1 amide bonds. The SMILES string of the molecule is CNc1cnc(Nc2ccc(S(C)(=O)=O)cc2C)cc1N(C=O)C1CCCC1. The minimum absolute atomic E-state index is 0.204. The van der Waals surface area contributed by atoms with Crippen LogP contribution in [0.25, 0.3) is 0 Å². The molecule has 150 valence electrons. The predicted molar refractivity (Wildman–Crippen MR) is 112 cm³/mol. The lowest BCUT2D eigenvalue weighted by Gasteiger charge is -2.27. The molecule has 28 heavy (non-hydrogen) atoms. The van der Waals surface area contributed by atoms with Gasteiger partial charge in [0.05, 0.1) is 22.5 Å². The van der Waals surface area contributed by atoms with Crippen LogP contribution in [0.5, 0.6) is 0 Å². The van der Waals surface area contributed by atoms with Crippen LogP contribution >= 0.6 is 0 Å². The van der Waals surface area contributed by atoms with Gasteiger partial charge >= 0.3 is 0 Å². The number of nitrogens with zero attached hydrogens (tertiary/aromatic N) is 2. The van der Waals surface area contributed by atoms with Gasteiger partial charge in [0, 0.05) is 31.1 Å². The predicted octanol–water partition coefficient (Wildman–Crippen LogP) is 3.48. The summed E-state index contributed by atoms with van der Waals surface area (Å²) in [6.07, 6.45) is 8.04. The molecule has 1 saturated carbocycles. The molecule has 0 bridgehead atoms. The molecule has 2 N–H and O–H groups in total. The standard InChI is InChI=1S/C20H26N4O3S/c1-14-10-16(28(3,26)27)8-9-17(14)23-20-11-19(18(21-2)12-22-20)24(13-25)15-6-4-5-7-15/h8-13,15,21H,4-7H2,1-3H3,(H,22,23). The van der Waals surface area contributed by atoms with E-state index in [-0.39, 0.29) is 10.9 Å². The summed E-state index contributed by atoms with van der Waals surface area (Å²) >= 11 is 0. The molecule has 1 heterocycles. The topological polar surface area (TPSA) is 91.4 Å². The first-order valence-corrected chi connectivity index (χ1v) is 11.2. The maximum atomic E-state index is 11.8. The molecular formula is C20H26N4O3S. The van der Waals surface area contributed by atoms with Crippen molar-refractivity contribution in [3.8, 4) is 0 Å². The van der Waals surface area contributed by atoms with Crippen molar-refractivity contribution in [2.24, 2.45) is 0 Å². The van der Waals surface area contributed by atoms with E-state index in [9.17, 15) is 13.2 Å². The third kappa shape index (κ3) is 4.27.